The number of ether oxygens (including phenoxy) is 1. The second-order valence-electron chi connectivity index (χ2n) is 6.10. The highest BCUT2D eigenvalue weighted by Gasteiger charge is 2.26. The predicted molar refractivity (Wildman–Crippen MR) is 103 cm³/mol. The molecule has 1 saturated heterocycles. The quantitative estimate of drug-likeness (QED) is 0.744. The topological polar surface area (TPSA) is 41.6 Å². The van der Waals surface area contributed by atoms with Crippen LogP contribution in [0.5, 0.6) is 5.75 Å². The summed E-state index contributed by atoms with van der Waals surface area (Å²) in [5, 5.41) is 3.20. The van der Waals surface area contributed by atoms with Crippen LogP contribution in [0.4, 0.5) is 0 Å². The smallest absolute Gasteiger partial charge is 0.263 e. The van der Waals surface area contributed by atoms with Crippen molar-refractivity contribution in [1.82, 2.24) is 10.2 Å². The molecule has 136 valence electrons. The van der Waals surface area contributed by atoms with E-state index in [4.69, 9.17) is 4.74 Å². The molecule has 1 N–H and O–H groups in total. The lowest BCUT2D eigenvalue weighted by Crippen LogP contribution is -2.45. The number of nitrogens with zero attached hydrogens (tertiary/aromatic N) is 1. The molecule has 1 aliphatic heterocycles. The Morgan fingerprint density at radius 2 is 1.96 bits per heavy atom. The number of amides is 1. The predicted octanol–water partition coefficient (Wildman–Crippen LogP) is 3.45. The summed E-state index contributed by atoms with van der Waals surface area (Å²) < 4.78 is 5.81. The summed E-state index contributed by atoms with van der Waals surface area (Å²) in [5.74, 6) is 1.60. The lowest BCUT2D eigenvalue weighted by molar-refractivity contribution is -0.139. The fourth-order valence-corrected chi connectivity index (χ4v) is 3.36. The van der Waals surface area contributed by atoms with Crippen molar-refractivity contribution in [3.63, 3.8) is 0 Å². The van der Waals surface area contributed by atoms with Crippen molar-refractivity contribution >= 4 is 30.1 Å². The number of carbonyl (C=O) groups is 1. The second-order valence-corrected chi connectivity index (χ2v) is 6.98. The highest BCUT2D eigenvalue weighted by molar-refractivity contribution is 7.98. The van der Waals surface area contributed by atoms with Gasteiger partial charge in [0.2, 0.25) is 0 Å². The van der Waals surface area contributed by atoms with Gasteiger partial charge in [0.25, 0.3) is 5.91 Å². The Labute approximate surface area is 156 Å². The number of piperidine rings is 1. The lowest BCUT2D eigenvalue weighted by atomic mass is 9.93. The molecule has 1 amide bonds. The molecule has 0 radical (unpaired) electrons. The van der Waals surface area contributed by atoms with Crippen molar-refractivity contribution in [1.29, 1.82) is 0 Å². The van der Waals surface area contributed by atoms with Crippen LogP contribution in [0.25, 0.3) is 0 Å². The zero-order valence-electron chi connectivity index (χ0n) is 14.8. The van der Waals surface area contributed by atoms with E-state index in [1.165, 1.54) is 11.3 Å². The summed E-state index contributed by atoms with van der Waals surface area (Å²) in [6, 6.07) is 7.90. The van der Waals surface area contributed by atoms with Crippen LogP contribution in [0.3, 0.4) is 0 Å². The van der Waals surface area contributed by atoms with E-state index in [9.17, 15) is 4.79 Å². The lowest BCUT2D eigenvalue weighted by Gasteiger charge is -2.33. The van der Waals surface area contributed by atoms with Gasteiger partial charge >= 0.3 is 0 Å². The zero-order chi connectivity index (χ0) is 16.7. The van der Waals surface area contributed by atoms with Crippen molar-refractivity contribution in [3.8, 4) is 5.75 Å². The second kappa shape index (κ2) is 10.9. The van der Waals surface area contributed by atoms with Crippen molar-refractivity contribution in [2.24, 2.45) is 5.92 Å². The van der Waals surface area contributed by atoms with E-state index in [1.807, 2.05) is 49.4 Å². The first-order chi connectivity index (χ1) is 11.1. The Hall–Kier alpha value is -0.910. The van der Waals surface area contributed by atoms with Gasteiger partial charge in [0.15, 0.2) is 6.10 Å². The third-order valence-electron chi connectivity index (χ3n) is 4.45. The van der Waals surface area contributed by atoms with Gasteiger partial charge < -0.3 is 15.0 Å². The van der Waals surface area contributed by atoms with Crippen LogP contribution in [0, 0.1) is 5.92 Å². The number of carbonyl (C=O) groups excluding carboxylic acids is 1. The highest BCUT2D eigenvalue weighted by Crippen LogP contribution is 2.23. The average Bonchev–Trinajstić information content (AvgIpc) is 2.60. The van der Waals surface area contributed by atoms with Gasteiger partial charge in [0.05, 0.1) is 0 Å². The number of thioether (sulfide) groups is 1. The molecule has 0 spiro atoms. The van der Waals surface area contributed by atoms with Gasteiger partial charge in [-0.05, 0) is 76.2 Å². The summed E-state index contributed by atoms with van der Waals surface area (Å²) in [4.78, 5) is 15.7. The van der Waals surface area contributed by atoms with Gasteiger partial charge in [0, 0.05) is 18.0 Å². The molecule has 1 aromatic carbocycles. The van der Waals surface area contributed by atoms with Crippen LogP contribution in [-0.4, -0.2) is 49.8 Å². The van der Waals surface area contributed by atoms with Crippen LogP contribution < -0.4 is 10.1 Å². The summed E-state index contributed by atoms with van der Waals surface area (Å²) in [7, 11) is 1.99. The van der Waals surface area contributed by atoms with Gasteiger partial charge in [-0.1, -0.05) is 0 Å². The highest BCUT2D eigenvalue weighted by atomic mass is 35.5. The molecule has 0 bridgehead atoms. The first-order valence-corrected chi connectivity index (χ1v) is 9.60. The normalized spacial score (nSPS) is 16.4. The molecule has 2 rings (SSSR count). The molecule has 1 unspecified atom stereocenters. The van der Waals surface area contributed by atoms with Gasteiger partial charge in [-0.3, -0.25) is 4.79 Å². The van der Waals surface area contributed by atoms with Gasteiger partial charge in [0.1, 0.15) is 5.75 Å². The van der Waals surface area contributed by atoms with Crippen LogP contribution in [0.1, 0.15) is 26.2 Å². The summed E-state index contributed by atoms with van der Waals surface area (Å²) in [6.45, 7) is 4.61. The minimum Gasteiger partial charge on any atom is -0.481 e. The molecular weight excluding hydrogens is 344 g/mol. The molecule has 1 heterocycles. The third kappa shape index (κ3) is 6.19. The molecule has 24 heavy (non-hydrogen) atoms. The molecule has 1 atom stereocenters. The summed E-state index contributed by atoms with van der Waals surface area (Å²) in [5.41, 5.74) is 0. The Kier molecular flexibility index (Phi) is 9.56. The molecule has 1 fully saturated rings. The largest absolute Gasteiger partial charge is 0.481 e. The Morgan fingerprint density at radius 3 is 2.50 bits per heavy atom. The fourth-order valence-electron chi connectivity index (χ4n) is 2.96. The summed E-state index contributed by atoms with van der Waals surface area (Å²) in [6.07, 6.45) is 5.02. The maximum Gasteiger partial charge on any atom is 0.263 e. The maximum atomic E-state index is 12.5. The zero-order valence-corrected chi connectivity index (χ0v) is 16.4. The monoisotopic (exact) mass is 372 g/mol. The van der Waals surface area contributed by atoms with E-state index in [0.29, 0.717) is 0 Å². The van der Waals surface area contributed by atoms with Crippen LogP contribution in [0.15, 0.2) is 29.2 Å². The molecule has 0 aliphatic carbocycles. The van der Waals surface area contributed by atoms with Crippen LogP contribution >= 0.6 is 24.2 Å². The number of likely N-dealkylation sites (tertiary alicyclic amines) is 1. The standard InChI is InChI=1S/C18H28N2O2S.ClH/c1-14(22-16-4-6-17(23-3)7-5-16)18(21)20-12-9-15(10-13-20)8-11-19-2;/h4-7,14-15,19H,8-13H2,1-3H3;1H. The number of nitrogens with one attached hydrogen (secondary N) is 1. The number of halogens is 1. The van der Waals surface area contributed by atoms with Gasteiger partial charge in [-0.25, -0.2) is 0 Å². The molecule has 4 nitrogen and oxygen atoms in total. The maximum absolute atomic E-state index is 12.5. The molecule has 0 aromatic heterocycles. The van der Waals surface area contributed by atoms with Gasteiger partial charge in [-0.15, -0.1) is 24.2 Å². The van der Waals surface area contributed by atoms with E-state index in [2.05, 4.69) is 5.32 Å². The number of benzene rings is 1. The van der Waals surface area contributed by atoms with E-state index >= 15 is 0 Å². The fraction of sp³-hybridized carbons (Fsp3) is 0.611. The van der Waals surface area contributed by atoms with E-state index < -0.39 is 6.10 Å². The number of hydrogen-bond donors (Lipinski definition) is 1. The van der Waals surface area contributed by atoms with Gasteiger partial charge in [-0.2, -0.15) is 0 Å². The van der Waals surface area contributed by atoms with Crippen molar-refractivity contribution < 1.29 is 9.53 Å². The van der Waals surface area contributed by atoms with Crippen LogP contribution in [0.2, 0.25) is 0 Å². The Balaban J connectivity index is 0.00000288. The van der Waals surface area contributed by atoms with E-state index in [1.54, 1.807) is 11.8 Å². The van der Waals surface area contributed by atoms with E-state index in [-0.39, 0.29) is 18.3 Å². The molecular formula is C18H29ClN2O2S. The average molecular weight is 373 g/mol. The Bertz CT molecular complexity index is 490. The molecule has 1 aromatic rings. The van der Waals surface area contributed by atoms with Crippen molar-refractivity contribution in [2.75, 3.05) is 32.9 Å². The first-order valence-electron chi connectivity index (χ1n) is 8.38. The first kappa shape index (κ1) is 21.1. The molecule has 0 saturated carbocycles. The number of rotatable bonds is 7. The minimum absolute atomic E-state index is 0. The van der Waals surface area contributed by atoms with Crippen LogP contribution in [-0.2, 0) is 4.79 Å². The molecule has 6 heteroatoms. The minimum atomic E-state index is -0.427. The third-order valence-corrected chi connectivity index (χ3v) is 5.19. The molecule has 1 aliphatic rings. The van der Waals surface area contributed by atoms with E-state index in [0.717, 1.165) is 44.1 Å². The summed E-state index contributed by atoms with van der Waals surface area (Å²) >= 11 is 1.70. The van der Waals surface area contributed by atoms with Crippen molar-refractivity contribution in [3.05, 3.63) is 24.3 Å². The number of hydrogen-bond acceptors (Lipinski definition) is 4. The Morgan fingerprint density at radius 1 is 1.33 bits per heavy atom. The van der Waals surface area contributed by atoms with Crippen molar-refractivity contribution in [2.45, 2.75) is 37.2 Å². The SMILES string of the molecule is CNCCC1CCN(C(=O)C(C)Oc2ccc(SC)cc2)CC1.Cl.